The number of sulfone groups is 1. The van der Waals surface area contributed by atoms with Crippen LogP contribution in [0.2, 0.25) is 0 Å². The van der Waals surface area contributed by atoms with E-state index in [2.05, 4.69) is 20.3 Å². The molecular weight excluding hydrogens is 671 g/mol. The summed E-state index contributed by atoms with van der Waals surface area (Å²) in [6, 6.07) is 6.81. The summed E-state index contributed by atoms with van der Waals surface area (Å²) in [4.78, 5) is 51.0. The van der Waals surface area contributed by atoms with Gasteiger partial charge in [0.2, 0.25) is 5.91 Å². The van der Waals surface area contributed by atoms with E-state index < -0.39 is 56.9 Å². The second-order valence-corrected chi connectivity index (χ2v) is 16.2. The summed E-state index contributed by atoms with van der Waals surface area (Å²) >= 11 is 0. The van der Waals surface area contributed by atoms with Crippen molar-refractivity contribution in [2.24, 2.45) is 40.9 Å². The van der Waals surface area contributed by atoms with Crippen LogP contribution in [0, 0.1) is 30.6 Å². The number of rotatable bonds is 20. The van der Waals surface area contributed by atoms with Gasteiger partial charge in [0.15, 0.2) is 21.4 Å². The van der Waals surface area contributed by atoms with Crippen molar-refractivity contribution in [2.75, 3.05) is 0 Å². The molecule has 280 valence electrons. The largest absolute Gasteiger partial charge is 0.391 e. The molecule has 0 aliphatic rings. The lowest BCUT2D eigenvalue weighted by Gasteiger charge is -2.30. The third kappa shape index (κ3) is 11.1. The number of aromatic nitrogens is 3. The molecular formula is C37H55N7O6S. The molecule has 8 atom stereocenters. The predicted octanol–water partition coefficient (Wildman–Crippen LogP) is 2.64. The van der Waals surface area contributed by atoms with Gasteiger partial charge in [0, 0.05) is 36.3 Å². The van der Waals surface area contributed by atoms with Crippen LogP contribution in [0.3, 0.4) is 0 Å². The maximum absolute atomic E-state index is 14.0. The standard InChI is InChI=1S/C37H55N7O6S/c1-7-23(5)33(40)37(48)43-19-26-11-10-25(17-42-26)34(46)29(21(2)3)16-32(45)30(38)14-24(6)36(35(47)31(39)15-27-18-41-20-44-27)51(49,50)28-12-8-22(4)9-13-28/h8-13,17-18,20-21,23-24,29-33,36,45H,7,14-16,19,38-40H2,1-6H3,(H,41,44)(H,43,48)/t23-,24?,29?,30?,31-,32?,33-,36-/m0/s1. The Morgan fingerprint density at radius 2 is 1.59 bits per heavy atom. The summed E-state index contributed by atoms with van der Waals surface area (Å²) < 4.78 is 28.0. The minimum atomic E-state index is -4.21. The summed E-state index contributed by atoms with van der Waals surface area (Å²) in [5.74, 6) is -2.77. The molecule has 2 heterocycles. The number of hydrogen-bond acceptors (Lipinski definition) is 11. The third-order valence-corrected chi connectivity index (χ3v) is 12.0. The summed E-state index contributed by atoms with van der Waals surface area (Å²) in [6.07, 6.45) is 4.10. The fourth-order valence-corrected chi connectivity index (χ4v) is 8.09. The molecule has 0 saturated heterocycles. The van der Waals surface area contributed by atoms with Crippen molar-refractivity contribution >= 4 is 27.3 Å². The van der Waals surface area contributed by atoms with Gasteiger partial charge < -0.3 is 32.6 Å². The number of carbonyl (C=O) groups excluding carboxylic acids is 3. The predicted molar refractivity (Wildman–Crippen MR) is 196 cm³/mol. The molecule has 0 aliphatic heterocycles. The van der Waals surface area contributed by atoms with Crippen LogP contribution in [-0.4, -0.2) is 75.4 Å². The first kappa shape index (κ1) is 41.6. The van der Waals surface area contributed by atoms with E-state index in [1.807, 2.05) is 34.6 Å². The lowest BCUT2D eigenvalue weighted by Crippen LogP contribution is -2.49. The first-order valence-corrected chi connectivity index (χ1v) is 19.1. The van der Waals surface area contributed by atoms with Crippen LogP contribution >= 0.6 is 0 Å². The van der Waals surface area contributed by atoms with Crippen molar-refractivity contribution in [3.8, 4) is 0 Å². The van der Waals surface area contributed by atoms with E-state index in [0.717, 1.165) is 12.0 Å². The van der Waals surface area contributed by atoms with Crippen LogP contribution in [0.1, 0.15) is 81.2 Å². The number of imidazole rings is 1. The van der Waals surface area contributed by atoms with E-state index in [-0.39, 0.29) is 54.2 Å². The highest BCUT2D eigenvalue weighted by molar-refractivity contribution is 7.92. The minimum Gasteiger partial charge on any atom is -0.391 e. The number of benzene rings is 1. The normalized spacial score (nSPS) is 16.8. The molecule has 14 heteroatoms. The summed E-state index contributed by atoms with van der Waals surface area (Å²) in [5.41, 5.74) is 21.0. The van der Waals surface area contributed by atoms with Crippen LogP contribution in [0.4, 0.5) is 0 Å². The first-order chi connectivity index (χ1) is 24.0. The fourth-order valence-electron chi connectivity index (χ4n) is 6.08. The molecule has 0 bridgehead atoms. The van der Waals surface area contributed by atoms with Crippen molar-refractivity contribution in [2.45, 2.75) is 108 Å². The summed E-state index contributed by atoms with van der Waals surface area (Å²) in [6.45, 7) is 11.2. The molecule has 1 amide bonds. The van der Waals surface area contributed by atoms with E-state index >= 15 is 0 Å². The van der Waals surface area contributed by atoms with E-state index in [1.54, 1.807) is 37.4 Å². The number of aliphatic hydroxyl groups excluding tert-OH is 1. The molecule has 4 unspecified atom stereocenters. The highest BCUT2D eigenvalue weighted by Gasteiger charge is 2.42. The number of aryl methyl sites for hydroxylation is 1. The monoisotopic (exact) mass is 725 g/mol. The average Bonchev–Trinajstić information content (AvgIpc) is 3.61. The van der Waals surface area contributed by atoms with Crippen LogP contribution in [0.15, 0.2) is 60.0 Å². The van der Waals surface area contributed by atoms with Gasteiger partial charge in [-0.25, -0.2) is 13.4 Å². The third-order valence-electron chi connectivity index (χ3n) is 9.72. The minimum absolute atomic E-state index is 0.0116. The molecule has 9 N–H and O–H groups in total. The van der Waals surface area contributed by atoms with Gasteiger partial charge in [-0.2, -0.15) is 0 Å². The van der Waals surface area contributed by atoms with Gasteiger partial charge in [-0.15, -0.1) is 0 Å². The number of carbonyl (C=O) groups is 3. The molecule has 2 aromatic heterocycles. The van der Waals surface area contributed by atoms with Gasteiger partial charge in [0.05, 0.1) is 47.3 Å². The molecule has 51 heavy (non-hydrogen) atoms. The van der Waals surface area contributed by atoms with Crippen molar-refractivity contribution in [3.63, 3.8) is 0 Å². The molecule has 13 nitrogen and oxygen atoms in total. The molecule has 1 aromatic carbocycles. The molecule has 3 aromatic rings. The van der Waals surface area contributed by atoms with Crippen molar-refractivity contribution in [3.05, 3.63) is 77.6 Å². The Morgan fingerprint density at radius 1 is 0.922 bits per heavy atom. The second kappa shape index (κ2) is 18.6. The van der Waals surface area contributed by atoms with E-state index in [0.29, 0.717) is 17.0 Å². The van der Waals surface area contributed by atoms with Crippen LogP contribution in [0.5, 0.6) is 0 Å². The first-order valence-electron chi connectivity index (χ1n) is 17.5. The number of aromatic amines is 1. The van der Waals surface area contributed by atoms with Gasteiger partial charge in [0.1, 0.15) is 5.25 Å². The quantitative estimate of drug-likeness (QED) is 0.0926. The zero-order chi connectivity index (χ0) is 38.0. The SMILES string of the molecule is CC[C@H](C)[C@H](N)C(=O)NCc1ccc(C(=O)C(CC(O)C(N)CC(C)[C@@H](C(=O)[C@@H](N)Cc2c[nH]cn2)S(=O)(=O)c2ccc(C)cc2)C(C)C)cn1. The van der Waals surface area contributed by atoms with Crippen LogP contribution in [0.25, 0.3) is 0 Å². The number of Topliss-reactive ketones (excluding diaryl/α,β-unsaturated/α-hetero) is 2. The zero-order valence-corrected chi connectivity index (χ0v) is 31.3. The van der Waals surface area contributed by atoms with E-state index in [9.17, 15) is 27.9 Å². The summed E-state index contributed by atoms with van der Waals surface area (Å²) in [7, 11) is -4.21. The Kier molecular flexibility index (Phi) is 15.2. The maximum atomic E-state index is 14.0. The maximum Gasteiger partial charge on any atom is 0.237 e. The number of nitrogens with one attached hydrogen (secondary N) is 2. The average molecular weight is 726 g/mol. The van der Waals surface area contributed by atoms with Gasteiger partial charge >= 0.3 is 0 Å². The number of nitrogens with zero attached hydrogens (tertiary/aromatic N) is 2. The molecule has 0 radical (unpaired) electrons. The molecule has 0 fully saturated rings. The van der Waals surface area contributed by atoms with Gasteiger partial charge in [-0.3, -0.25) is 19.4 Å². The molecule has 0 saturated carbocycles. The van der Waals surface area contributed by atoms with Gasteiger partial charge in [-0.1, -0.05) is 58.7 Å². The Bertz CT molecular complexity index is 1680. The number of pyridine rings is 1. The smallest absolute Gasteiger partial charge is 0.237 e. The number of aliphatic hydroxyl groups is 1. The fraction of sp³-hybridized carbons (Fsp3) is 0.541. The van der Waals surface area contributed by atoms with Gasteiger partial charge in [-0.05, 0) is 61.8 Å². The Morgan fingerprint density at radius 3 is 2.14 bits per heavy atom. The van der Waals surface area contributed by atoms with Crippen molar-refractivity contribution in [1.29, 1.82) is 0 Å². The number of amides is 1. The number of H-pyrrole nitrogens is 1. The Labute approximate surface area is 301 Å². The lowest BCUT2D eigenvalue weighted by molar-refractivity contribution is -0.123. The van der Waals surface area contributed by atoms with E-state index in [1.165, 1.54) is 24.7 Å². The number of hydrogen-bond donors (Lipinski definition) is 6. The Hall–Kier alpha value is -3.82. The number of nitrogens with two attached hydrogens (primary N) is 3. The van der Waals surface area contributed by atoms with E-state index in [4.69, 9.17) is 17.2 Å². The van der Waals surface area contributed by atoms with Crippen LogP contribution in [-0.2, 0) is 32.4 Å². The zero-order valence-electron chi connectivity index (χ0n) is 30.5. The van der Waals surface area contributed by atoms with Crippen molar-refractivity contribution in [1.82, 2.24) is 20.3 Å². The highest BCUT2D eigenvalue weighted by Crippen LogP contribution is 2.29. The molecule has 0 aliphatic carbocycles. The van der Waals surface area contributed by atoms with Crippen LogP contribution < -0.4 is 22.5 Å². The highest BCUT2D eigenvalue weighted by atomic mass is 32.2. The van der Waals surface area contributed by atoms with Crippen molar-refractivity contribution < 1.29 is 27.9 Å². The number of ketones is 2. The summed E-state index contributed by atoms with van der Waals surface area (Å²) in [5, 5.41) is 12.5. The molecule has 3 rings (SSSR count). The second-order valence-electron chi connectivity index (χ2n) is 14.1. The topological polar surface area (TPSA) is 237 Å². The molecule has 0 spiro atoms. The lowest BCUT2D eigenvalue weighted by atomic mass is 9.81. The van der Waals surface area contributed by atoms with Gasteiger partial charge in [0.25, 0.3) is 0 Å². The Balaban J connectivity index is 1.73.